The number of aromatic nitrogens is 2. The summed E-state index contributed by atoms with van der Waals surface area (Å²) in [4.78, 5) is 17.2. The highest BCUT2D eigenvalue weighted by molar-refractivity contribution is 5.97. The topological polar surface area (TPSA) is 87.4 Å². The van der Waals surface area contributed by atoms with Crippen LogP contribution >= 0.6 is 0 Å². The number of aliphatic hydroxyl groups is 2. The number of amides is 1. The van der Waals surface area contributed by atoms with Gasteiger partial charge in [0, 0.05) is 30.3 Å². The second-order valence-corrected chi connectivity index (χ2v) is 8.14. The summed E-state index contributed by atoms with van der Waals surface area (Å²) >= 11 is 0. The van der Waals surface area contributed by atoms with Crippen LogP contribution in [0.15, 0.2) is 66.7 Å². The molecule has 176 valence electrons. The van der Waals surface area contributed by atoms with Gasteiger partial charge in [-0.3, -0.25) is 4.79 Å². The maximum atomic E-state index is 15.0. The summed E-state index contributed by atoms with van der Waals surface area (Å²) in [7, 11) is 0. The van der Waals surface area contributed by atoms with Gasteiger partial charge in [-0.2, -0.15) is 0 Å². The third kappa shape index (κ3) is 4.18. The van der Waals surface area contributed by atoms with Gasteiger partial charge in [0.15, 0.2) is 11.4 Å². The minimum Gasteiger partial charge on any atom is -0.392 e. The Labute approximate surface area is 195 Å². The zero-order chi connectivity index (χ0) is 24.5. The van der Waals surface area contributed by atoms with E-state index in [0.29, 0.717) is 28.7 Å². The van der Waals surface area contributed by atoms with E-state index in [1.807, 2.05) is 6.92 Å². The number of aliphatic hydroxyl groups excluding tert-OH is 1. The molecular weight excluding hydrogens is 440 g/mol. The molecule has 0 aliphatic carbocycles. The van der Waals surface area contributed by atoms with Crippen LogP contribution < -0.4 is 5.32 Å². The fraction of sp³-hybridized carbons (Fsp3) is 0.231. The molecule has 0 saturated carbocycles. The highest BCUT2D eigenvalue weighted by atomic mass is 19.1. The van der Waals surface area contributed by atoms with Crippen LogP contribution in [-0.2, 0) is 12.1 Å². The number of hydrogen-bond acceptors (Lipinski definition) is 4. The molecule has 1 amide bonds. The zero-order valence-electron chi connectivity index (χ0n) is 18.8. The highest BCUT2D eigenvalue weighted by Crippen LogP contribution is 2.39. The van der Waals surface area contributed by atoms with Crippen LogP contribution in [0.5, 0.6) is 0 Å². The SMILES string of the molecule is CCn1c(C(O)(c2ccccc2)c2ccc(F)cc2F)nc2ccc(C(=O)NC[C@@H](C)O)cc21. The molecule has 1 heterocycles. The van der Waals surface area contributed by atoms with Crippen LogP contribution in [0, 0.1) is 11.6 Å². The molecule has 8 heteroatoms. The Morgan fingerprint density at radius 1 is 1.12 bits per heavy atom. The first-order chi connectivity index (χ1) is 16.3. The predicted octanol–water partition coefficient (Wildman–Crippen LogP) is 3.73. The zero-order valence-corrected chi connectivity index (χ0v) is 18.8. The van der Waals surface area contributed by atoms with Crippen molar-refractivity contribution in [1.29, 1.82) is 0 Å². The van der Waals surface area contributed by atoms with Crippen molar-refractivity contribution in [1.82, 2.24) is 14.9 Å². The van der Waals surface area contributed by atoms with E-state index in [4.69, 9.17) is 0 Å². The number of halogens is 2. The number of imidazole rings is 1. The summed E-state index contributed by atoms with van der Waals surface area (Å²) in [5, 5.41) is 24.2. The molecule has 34 heavy (non-hydrogen) atoms. The second-order valence-electron chi connectivity index (χ2n) is 8.14. The molecule has 4 aromatic rings. The van der Waals surface area contributed by atoms with Gasteiger partial charge in [-0.15, -0.1) is 0 Å². The summed E-state index contributed by atoms with van der Waals surface area (Å²) in [5.41, 5.74) is -0.381. The Morgan fingerprint density at radius 3 is 2.50 bits per heavy atom. The lowest BCUT2D eigenvalue weighted by Gasteiger charge is -2.29. The van der Waals surface area contributed by atoms with Crippen LogP contribution in [-0.4, -0.2) is 38.3 Å². The number of nitrogens with one attached hydrogen (secondary N) is 1. The second kappa shape index (κ2) is 9.32. The lowest BCUT2D eigenvalue weighted by Crippen LogP contribution is -2.33. The molecule has 0 radical (unpaired) electrons. The molecule has 4 rings (SSSR count). The number of fused-ring (bicyclic) bond motifs is 1. The first kappa shape index (κ1) is 23.5. The van der Waals surface area contributed by atoms with Crippen molar-refractivity contribution in [3.8, 4) is 0 Å². The molecule has 0 saturated heterocycles. The number of aryl methyl sites for hydroxylation is 1. The van der Waals surface area contributed by atoms with Crippen molar-refractivity contribution >= 4 is 16.9 Å². The maximum absolute atomic E-state index is 15.0. The van der Waals surface area contributed by atoms with E-state index in [1.54, 1.807) is 60.0 Å². The number of rotatable bonds is 7. The Kier molecular flexibility index (Phi) is 6.45. The number of nitrogens with zero attached hydrogens (tertiary/aromatic N) is 2. The molecule has 0 bridgehead atoms. The van der Waals surface area contributed by atoms with Gasteiger partial charge in [0.25, 0.3) is 5.91 Å². The van der Waals surface area contributed by atoms with Crippen molar-refractivity contribution in [2.45, 2.75) is 32.1 Å². The molecule has 6 nitrogen and oxygen atoms in total. The summed E-state index contributed by atoms with van der Waals surface area (Å²) < 4.78 is 30.4. The first-order valence-electron chi connectivity index (χ1n) is 11.0. The Bertz CT molecular complexity index is 1340. The fourth-order valence-corrected chi connectivity index (χ4v) is 4.07. The van der Waals surface area contributed by atoms with E-state index in [9.17, 15) is 19.4 Å². The Morgan fingerprint density at radius 2 is 1.85 bits per heavy atom. The van der Waals surface area contributed by atoms with E-state index >= 15 is 4.39 Å². The Hall–Kier alpha value is -3.62. The standard InChI is InChI=1S/C26H25F2N3O3/c1-3-31-23-13-17(24(33)29-15-16(2)32)9-12-22(23)30-25(31)26(34,18-7-5-4-6-8-18)20-11-10-19(27)14-21(20)28/h4-14,16,32,34H,3,15H2,1-2H3,(H,29,33)/t16-,26?/m1/s1. The predicted molar refractivity (Wildman–Crippen MR) is 124 cm³/mol. The van der Waals surface area contributed by atoms with Gasteiger partial charge in [-0.1, -0.05) is 30.3 Å². The Balaban J connectivity index is 1.93. The highest BCUT2D eigenvalue weighted by Gasteiger charge is 2.41. The van der Waals surface area contributed by atoms with Crippen LogP contribution in [0.25, 0.3) is 11.0 Å². The lowest BCUT2D eigenvalue weighted by atomic mass is 9.85. The minimum atomic E-state index is -2.02. The van der Waals surface area contributed by atoms with Crippen molar-refractivity contribution < 1.29 is 23.8 Å². The van der Waals surface area contributed by atoms with Crippen molar-refractivity contribution in [2.75, 3.05) is 6.54 Å². The first-order valence-corrected chi connectivity index (χ1v) is 11.0. The average molecular weight is 466 g/mol. The largest absolute Gasteiger partial charge is 0.392 e. The van der Waals surface area contributed by atoms with E-state index < -0.39 is 23.3 Å². The van der Waals surface area contributed by atoms with Crippen LogP contribution in [0.1, 0.15) is 41.2 Å². The summed E-state index contributed by atoms with van der Waals surface area (Å²) in [6, 6.07) is 16.4. The van der Waals surface area contributed by atoms with Gasteiger partial charge in [0.1, 0.15) is 11.6 Å². The molecule has 0 fully saturated rings. The number of carbonyl (C=O) groups is 1. The molecule has 0 aliphatic rings. The summed E-state index contributed by atoms with van der Waals surface area (Å²) in [6.45, 7) is 3.88. The minimum absolute atomic E-state index is 0.104. The molecular formula is C26H25F2N3O3. The van der Waals surface area contributed by atoms with Crippen molar-refractivity contribution in [3.63, 3.8) is 0 Å². The van der Waals surface area contributed by atoms with Gasteiger partial charge in [0.2, 0.25) is 0 Å². The molecule has 0 spiro atoms. The van der Waals surface area contributed by atoms with E-state index in [0.717, 1.165) is 12.1 Å². The summed E-state index contributed by atoms with van der Waals surface area (Å²) in [6.07, 6.45) is -0.688. The smallest absolute Gasteiger partial charge is 0.251 e. The molecule has 1 unspecified atom stereocenters. The normalized spacial score (nSPS) is 14.1. The molecule has 3 N–H and O–H groups in total. The van der Waals surface area contributed by atoms with Gasteiger partial charge in [0.05, 0.1) is 17.1 Å². The van der Waals surface area contributed by atoms with Gasteiger partial charge >= 0.3 is 0 Å². The van der Waals surface area contributed by atoms with Gasteiger partial charge in [-0.05, 0) is 49.7 Å². The van der Waals surface area contributed by atoms with E-state index in [2.05, 4.69) is 10.3 Å². The van der Waals surface area contributed by atoms with E-state index in [-0.39, 0.29) is 23.8 Å². The third-order valence-electron chi connectivity index (χ3n) is 5.72. The number of hydrogen-bond donors (Lipinski definition) is 3. The van der Waals surface area contributed by atoms with Crippen LogP contribution in [0.4, 0.5) is 8.78 Å². The number of carbonyl (C=O) groups excluding carboxylic acids is 1. The average Bonchev–Trinajstić information content (AvgIpc) is 3.21. The maximum Gasteiger partial charge on any atom is 0.251 e. The van der Waals surface area contributed by atoms with E-state index in [1.165, 1.54) is 6.07 Å². The molecule has 0 aliphatic heterocycles. The van der Waals surface area contributed by atoms with Crippen molar-refractivity contribution in [2.24, 2.45) is 0 Å². The third-order valence-corrected chi connectivity index (χ3v) is 5.72. The van der Waals surface area contributed by atoms with Crippen LogP contribution in [0.3, 0.4) is 0 Å². The molecule has 1 aromatic heterocycles. The van der Waals surface area contributed by atoms with Crippen molar-refractivity contribution in [3.05, 3.63) is 101 Å². The van der Waals surface area contributed by atoms with Gasteiger partial charge in [-0.25, -0.2) is 13.8 Å². The number of benzene rings is 3. The quantitative estimate of drug-likeness (QED) is 0.388. The van der Waals surface area contributed by atoms with Gasteiger partial charge < -0.3 is 20.1 Å². The fourth-order valence-electron chi connectivity index (χ4n) is 4.07. The monoisotopic (exact) mass is 465 g/mol. The van der Waals surface area contributed by atoms with Crippen LogP contribution in [0.2, 0.25) is 0 Å². The molecule has 2 atom stereocenters. The lowest BCUT2D eigenvalue weighted by molar-refractivity contribution is 0.0924. The molecule has 3 aromatic carbocycles. The summed E-state index contributed by atoms with van der Waals surface area (Å²) in [5.74, 6) is -1.88.